The molecule has 4 aromatic rings. The molecule has 1 aromatic carbocycles. The molecule has 0 aliphatic rings. The number of pyridine rings is 2. The van der Waals surface area contributed by atoms with E-state index in [0.29, 0.717) is 28.9 Å². The van der Waals surface area contributed by atoms with Crippen LogP contribution in [0.15, 0.2) is 55.0 Å². The zero-order valence-electron chi connectivity index (χ0n) is 20.6. The number of thiazole rings is 1. The first-order valence-electron chi connectivity index (χ1n) is 12.2. The standard InChI is InChI=1S/C27H31FN6OS/c1-3-11-34(12-8-18(2)6-9-28)25-15-20(7-10-30-25)26(35)33-24-14-22-13-19(4-5-21(22)16-31-24)23-17-32-27(29)36-23/h4-5,7,10,13-18H,3,6,8-9,11-12H2,1-2H3,(H2,29,32)(H,31,33,35)/t18-/m1/s1. The molecule has 7 nitrogen and oxygen atoms in total. The number of benzene rings is 1. The molecule has 3 heterocycles. The third kappa shape index (κ3) is 6.34. The highest BCUT2D eigenvalue weighted by molar-refractivity contribution is 7.18. The number of carbonyl (C=O) groups excluding carboxylic acids is 1. The van der Waals surface area contributed by atoms with Gasteiger partial charge in [0, 0.05) is 42.6 Å². The first-order valence-corrected chi connectivity index (χ1v) is 13.0. The van der Waals surface area contributed by atoms with Gasteiger partial charge in [-0.15, -0.1) is 0 Å². The highest BCUT2D eigenvalue weighted by Crippen LogP contribution is 2.30. The second-order valence-electron chi connectivity index (χ2n) is 8.91. The van der Waals surface area contributed by atoms with Gasteiger partial charge in [0.2, 0.25) is 0 Å². The lowest BCUT2D eigenvalue weighted by atomic mass is 10.0. The van der Waals surface area contributed by atoms with Gasteiger partial charge in [-0.3, -0.25) is 9.18 Å². The average molecular weight is 507 g/mol. The molecule has 36 heavy (non-hydrogen) atoms. The van der Waals surface area contributed by atoms with Gasteiger partial charge in [-0.2, -0.15) is 0 Å². The zero-order chi connectivity index (χ0) is 25.5. The Bertz CT molecular complexity index is 1330. The van der Waals surface area contributed by atoms with E-state index in [0.717, 1.165) is 53.0 Å². The molecule has 0 unspecified atom stereocenters. The van der Waals surface area contributed by atoms with Crippen molar-refractivity contribution in [3.8, 4) is 10.4 Å². The van der Waals surface area contributed by atoms with Crippen molar-refractivity contribution in [2.75, 3.05) is 35.7 Å². The van der Waals surface area contributed by atoms with E-state index in [1.54, 1.807) is 30.7 Å². The van der Waals surface area contributed by atoms with E-state index in [4.69, 9.17) is 5.73 Å². The lowest BCUT2D eigenvalue weighted by molar-refractivity contribution is 0.102. The monoisotopic (exact) mass is 506 g/mol. The number of rotatable bonds is 11. The molecule has 0 fully saturated rings. The number of aromatic nitrogens is 3. The fraction of sp³-hybridized carbons (Fsp3) is 0.333. The van der Waals surface area contributed by atoms with Crippen molar-refractivity contribution in [3.63, 3.8) is 0 Å². The molecule has 9 heteroatoms. The molecule has 1 amide bonds. The minimum atomic E-state index is -0.299. The van der Waals surface area contributed by atoms with Crippen molar-refractivity contribution in [2.45, 2.75) is 33.1 Å². The van der Waals surface area contributed by atoms with Crippen LogP contribution in [0, 0.1) is 5.92 Å². The Labute approximate surface area is 214 Å². The first-order chi connectivity index (χ1) is 17.5. The Morgan fingerprint density at radius 2 is 1.94 bits per heavy atom. The molecule has 0 aliphatic heterocycles. The number of nitrogen functional groups attached to an aromatic ring is 1. The normalized spacial score (nSPS) is 12.0. The molecule has 4 rings (SSSR count). The number of alkyl halides is 1. The molecule has 3 aromatic heterocycles. The van der Waals surface area contributed by atoms with Crippen molar-refractivity contribution >= 4 is 44.8 Å². The molecule has 0 radical (unpaired) electrons. The number of nitrogens with two attached hydrogens (primary N) is 1. The Balaban J connectivity index is 1.50. The number of fused-ring (bicyclic) bond motifs is 1. The summed E-state index contributed by atoms with van der Waals surface area (Å²) in [6.45, 7) is 5.46. The van der Waals surface area contributed by atoms with Crippen molar-refractivity contribution in [2.24, 2.45) is 5.92 Å². The van der Waals surface area contributed by atoms with Crippen molar-refractivity contribution < 1.29 is 9.18 Å². The minimum absolute atomic E-state index is 0.251. The lowest BCUT2D eigenvalue weighted by Gasteiger charge is -2.25. The van der Waals surface area contributed by atoms with Gasteiger partial charge in [0.15, 0.2) is 5.13 Å². The van der Waals surface area contributed by atoms with Gasteiger partial charge in [-0.1, -0.05) is 37.3 Å². The van der Waals surface area contributed by atoms with Crippen LogP contribution in [0.5, 0.6) is 0 Å². The summed E-state index contributed by atoms with van der Waals surface area (Å²) < 4.78 is 12.7. The molecule has 1 atom stereocenters. The minimum Gasteiger partial charge on any atom is -0.375 e. The van der Waals surface area contributed by atoms with E-state index in [1.807, 2.05) is 24.3 Å². The summed E-state index contributed by atoms with van der Waals surface area (Å²) in [6.07, 6.45) is 7.55. The summed E-state index contributed by atoms with van der Waals surface area (Å²) in [7, 11) is 0. The second-order valence-corrected chi connectivity index (χ2v) is 9.97. The molecular weight excluding hydrogens is 475 g/mol. The molecule has 0 saturated carbocycles. The van der Waals surface area contributed by atoms with Crippen LogP contribution < -0.4 is 16.0 Å². The number of nitrogens with one attached hydrogen (secondary N) is 1. The number of hydrogen-bond acceptors (Lipinski definition) is 7. The van der Waals surface area contributed by atoms with E-state index in [9.17, 15) is 9.18 Å². The predicted molar refractivity (Wildman–Crippen MR) is 146 cm³/mol. The Morgan fingerprint density at radius 1 is 1.08 bits per heavy atom. The first kappa shape index (κ1) is 25.5. The number of hydrogen-bond donors (Lipinski definition) is 2. The van der Waals surface area contributed by atoms with Crippen LogP contribution in [-0.2, 0) is 0 Å². The van der Waals surface area contributed by atoms with Crippen LogP contribution in [-0.4, -0.2) is 40.6 Å². The molecule has 0 aliphatic carbocycles. The van der Waals surface area contributed by atoms with Crippen LogP contribution in [0.25, 0.3) is 21.2 Å². The van der Waals surface area contributed by atoms with Crippen molar-refractivity contribution in [1.82, 2.24) is 15.0 Å². The zero-order valence-corrected chi connectivity index (χ0v) is 21.4. The third-order valence-corrected chi connectivity index (χ3v) is 6.97. The topological polar surface area (TPSA) is 97.0 Å². The van der Waals surface area contributed by atoms with E-state index in [2.05, 4.69) is 39.0 Å². The predicted octanol–water partition coefficient (Wildman–Crippen LogP) is 6.19. The number of anilines is 3. The second kappa shape index (κ2) is 11.9. The van der Waals surface area contributed by atoms with Crippen molar-refractivity contribution in [3.05, 3.63) is 60.6 Å². The maximum absolute atomic E-state index is 13.1. The summed E-state index contributed by atoms with van der Waals surface area (Å²) in [5, 5.41) is 5.36. The average Bonchev–Trinajstić information content (AvgIpc) is 3.32. The fourth-order valence-electron chi connectivity index (χ4n) is 4.02. The summed E-state index contributed by atoms with van der Waals surface area (Å²) in [6, 6.07) is 11.4. The summed E-state index contributed by atoms with van der Waals surface area (Å²) >= 11 is 1.43. The Hall–Kier alpha value is -3.59. The maximum atomic E-state index is 13.1. The molecule has 3 N–H and O–H groups in total. The molecule has 0 bridgehead atoms. The van der Waals surface area contributed by atoms with E-state index in [1.165, 1.54) is 11.3 Å². The SMILES string of the molecule is CCCN(CC[C@H](C)CCF)c1cc(C(=O)Nc2cc3cc(-c4cnc(N)s4)ccc3cn2)ccn1. The number of carbonyl (C=O) groups is 1. The lowest BCUT2D eigenvalue weighted by Crippen LogP contribution is -2.28. The molecular formula is C27H31FN6OS. The smallest absolute Gasteiger partial charge is 0.257 e. The van der Waals surface area contributed by atoms with Crippen LogP contribution in [0.4, 0.5) is 21.2 Å². The molecule has 0 spiro atoms. The van der Waals surface area contributed by atoms with E-state index in [-0.39, 0.29) is 12.6 Å². The van der Waals surface area contributed by atoms with Gasteiger partial charge in [-0.05, 0) is 60.4 Å². The quantitative estimate of drug-likeness (QED) is 0.252. The van der Waals surface area contributed by atoms with E-state index < -0.39 is 0 Å². The summed E-state index contributed by atoms with van der Waals surface area (Å²) in [5.41, 5.74) is 7.30. The van der Waals surface area contributed by atoms with Crippen LogP contribution in [0.1, 0.15) is 43.5 Å². The largest absolute Gasteiger partial charge is 0.375 e. The van der Waals surface area contributed by atoms with Crippen molar-refractivity contribution in [1.29, 1.82) is 0 Å². The fourth-order valence-corrected chi connectivity index (χ4v) is 4.70. The summed E-state index contributed by atoms with van der Waals surface area (Å²) in [4.78, 5) is 29.2. The molecule has 188 valence electrons. The maximum Gasteiger partial charge on any atom is 0.257 e. The van der Waals surface area contributed by atoms with Gasteiger partial charge in [0.25, 0.3) is 5.91 Å². The number of amides is 1. The number of nitrogens with zero attached hydrogens (tertiary/aromatic N) is 4. The number of halogens is 1. The summed E-state index contributed by atoms with van der Waals surface area (Å²) in [5.74, 6) is 1.27. The van der Waals surface area contributed by atoms with Crippen LogP contribution in [0.3, 0.4) is 0 Å². The van der Waals surface area contributed by atoms with Crippen LogP contribution in [0.2, 0.25) is 0 Å². The van der Waals surface area contributed by atoms with Gasteiger partial charge in [0.1, 0.15) is 11.6 Å². The van der Waals surface area contributed by atoms with Gasteiger partial charge in [-0.25, -0.2) is 15.0 Å². The van der Waals surface area contributed by atoms with Gasteiger partial charge >= 0.3 is 0 Å². The highest BCUT2D eigenvalue weighted by Gasteiger charge is 2.14. The van der Waals surface area contributed by atoms with E-state index >= 15 is 0 Å². The molecule has 0 saturated heterocycles. The highest BCUT2D eigenvalue weighted by atomic mass is 32.1. The Kier molecular flexibility index (Phi) is 8.43. The van der Waals surface area contributed by atoms with Gasteiger partial charge in [0.05, 0.1) is 11.6 Å². The van der Waals surface area contributed by atoms with Gasteiger partial charge < -0.3 is 16.0 Å². The third-order valence-electron chi connectivity index (χ3n) is 6.09. The Morgan fingerprint density at radius 3 is 2.69 bits per heavy atom. The van der Waals surface area contributed by atoms with Crippen LogP contribution >= 0.6 is 11.3 Å².